The van der Waals surface area contributed by atoms with E-state index in [4.69, 9.17) is 14.6 Å². The van der Waals surface area contributed by atoms with Crippen LogP contribution < -0.4 is 16.0 Å². The van der Waals surface area contributed by atoms with Gasteiger partial charge in [0.05, 0.1) is 18.8 Å². The number of carboxylic acid groups (broad SMARTS) is 1. The van der Waals surface area contributed by atoms with Gasteiger partial charge in [0.2, 0.25) is 0 Å². The smallest absolute Gasteiger partial charge is 0.404 e. The number of nitrogens with one attached hydrogen (secondary N) is 3. The lowest BCUT2D eigenvalue weighted by Crippen LogP contribution is -2.38. The van der Waals surface area contributed by atoms with E-state index in [1.165, 1.54) is 12.0 Å². The molecule has 0 spiro atoms. The lowest BCUT2D eigenvalue weighted by atomic mass is 10.1. The Morgan fingerprint density at radius 2 is 2.00 bits per heavy atom. The molecule has 0 radical (unpaired) electrons. The number of aromatic nitrogens is 1. The minimum absolute atomic E-state index is 0.0556. The molecule has 5 N–H and O–H groups in total. The van der Waals surface area contributed by atoms with E-state index in [1.54, 1.807) is 13.1 Å². The van der Waals surface area contributed by atoms with Gasteiger partial charge in [0, 0.05) is 25.1 Å². The van der Waals surface area contributed by atoms with Crippen LogP contribution in [-0.4, -0.2) is 66.0 Å². The second kappa shape index (κ2) is 15.3. The van der Waals surface area contributed by atoms with Gasteiger partial charge in [-0.25, -0.2) is 18.6 Å². The third kappa shape index (κ3) is 13.0. The SMILES string of the molecule is CCNC(=O)O.Cc1ccc(-c2cnco2)cc1.FC1(F)CCCNC1.OC1CCNC1. The molecule has 2 saturated heterocycles. The van der Waals surface area contributed by atoms with Crippen LogP contribution in [0.3, 0.4) is 0 Å². The number of carbonyl (C=O) groups is 1. The molecule has 0 aliphatic carbocycles. The van der Waals surface area contributed by atoms with Crippen LogP contribution in [0.1, 0.15) is 31.7 Å². The molecule has 2 fully saturated rings. The third-order valence-corrected chi connectivity index (χ3v) is 4.41. The first-order valence-corrected chi connectivity index (χ1v) is 10.6. The van der Waals surface area contributed by atoms with Gasteiger partial charge in [-0.3, -0.25) is 0 Å². The Kier molecular flexibility index (Phi) is 13.1. The first-order valence-electron chi connectivity index (χ1n) is 10.6. The number of hydrogen-bond donors (Lipinski definition) is 5. The van der Waals surface area contributed by atoms with Gasteiger partial charge in [-0.15, -0.1) is 0 Å². The fraction of sp³-hybridized carbons (Fsp3) is 0.545. The van der Waals surface area contributed by atoms with Crippen molar-refractivity contribution in [2.24, 2.45) is 0 Å². The Bertz CT molecular complexity index is 729. The standard InChI is InChI=1S/C10H9NO.C5H9F2N.C4H9NO.C3H7NO2/c1-8-2-4-9(5-3-8)10-6-11-7-12-10;6-5(7)2-1-3-8-4-5;6-4-1-2-5-3-4;1-2-4-3(5)6/h2-7H,1H3;8H,1-4H2;4-6H,1-3H2;4H,2H2,1H3,(H,5,6). The van der Waals surface area contributed by atoms with Crippen molar-refractivity contribution in [1.82, 2.24) is 20.9 Å². The summed E-state index contributed by atoms with van der Waals surface area (Å²) >= 11 is 0. The number of hydrogen-bond acceptors (Lipinski definition) is 6. The second-order valence-corrected chi connectivity index (χ2v) is 7.35. The highest BCUT2D eigenvalue weighted by Crippen LogP contribution is 2.21. The van der Waals surface area contributed by atoms with Gasteiger partial charge in [-0.05, 0) is 39.8 Å². The minimum Gasteiger partial charge on any atom is -0.465 e. The summed E-state index contributed by atoms with van der Waals surface area (Å²) in [6.07, 6.45) is 3.72. The summed E-state index contributed by atoms with van der Waals surface area (Å²) < 4.78 is 29.4. The molecule has 8 nitrogen and oxygen atoms in total. The van der Waals surface area contributed by atoms with Crippen LogP contribution in [0.4, 0.5) is 13.6 Å². The molecule has 1 amide bonds. The first-order chi connectivity index (χ1) is 15.2. The minimum atomic E-state index is -2.43. The summed E-state index contributed by atoms with van der Waals surface area (Å²) in [6, 6.07) is 8.15. The molecule has 1 unspecified atom stereocenters. The first kappa shape index (κ1) is 27.5. The number of oxazole rings is 1. The van der Waals surface area contributed by atoms with E-state index < -0.39 is 12.0 Å². The highest BCUT2D eigenvalue weighted by atomic mass is 19.3. The molecule has 1 aromatic heterocycles. The zero-order valence-corrected chi connectivity index (χ0v) is 18.6. The molecule has 3 heterocycles. The van der Waals surface area contributed by atoms with E-state index in [-0.39, 0.29) is 19.1 Å². The predicted octanol–water partition coefficient (Wildman–Crippen LogP) is 3.27. The number of amides is 1. The fourth-order valence-corrected chi connectivity index (χ4v) is 2.70. The number of aliphatic hydroxyl groups excluding tert-OH is 1. The quantitative estimate of drug-likeness (QED) is 0.470. The summed E-state index contributed by atoms with van der Waals surface area (Å²) in [6.45, 7) is 6.66. The number of benzene rings is 1. The van der Waals surface area contributed by atoms with Gasteiger partial charge in [-0.2, -0.15) is 0 Å². The van der Waals surface area contributed by atoms with Crippen LogP contribution in [0, 0.1) is 6.92 Å². The maximum Gasteiger partial charge on any atom is 0.404 e. The normalized spacial score (nSPS) is 18.6. The van der Waals surface area contributed by atoms with Crippen LogP contribution >= 0.6 is 0 Å². The van der Waals surface area contributed by atoms with E-state index in [0.717, 1.165) is 37.4 Å². The maximum atomic E-state index is 12.1. The van der Waals surface area contributed by atoms with Crippen molar-refractivity contribution in [2.75, 3.05) is 32.7 Å². The average molecular weight is 457 g/mol. The van der Waals surface area contributed by atoms with Crippen LogP contribution in [0.25, 0.3) is 11.3 Å². The molecule has 0 bridgehead atoms. The van der Waals surface area contributed by atoms with Gasteiger partial charge in [0.1, 0.15) is 0 Å². The number of aryl methyl sites for hydroxylation is 1. The monoisotopic (exact) mass is 456 g/mol. The molecular formula is C22H34F2N4O4. The number of rotatable bonds is 2. The van der Waals surface area contributed by atoms with Crippen molar-refractivity contribution < 1.29 is 28.2 Å². The molecule has 10 heteroatoms. The number of aliphatic hydroxyl groups is 1. The molecule has 180 valence electrons. The average Bonchev–Trinajstić information content (AvgIpc) is 3.44. The molecule has 2 aromatic rings. The fourth-order valence-electron chi connectivity index (χ4n) is 2.70. The predicted molar refractivity (Wildman–Crippen MR) is 119 cm³/mol. The topological polar surface area (TPSA) is 120 Å². The lowest BCUT2D eigenvalue weighted by Gasteiger charge is -2.21. The van der Waals surface area contributed by atoms with E-state index >= 15 is 0 Å². The van der Waals surface area contributed by atoms with Gasteiger partial charge in [0.25, 0.3) is 5.92 Å². The van der Waals surface area contributed by atoms with Crippen LogP contribution in [0.2, 0.25) is 0 Å². The van der Waals surface area contributed by atoms with E-state index in [1.807, 2.05) is 12.1 Å². The molecule has 2 aliphatic rings. The Hall–Kier alpha value is -2.56. The van der Waals surface area contributed by atoms with Gasteiger partial charge < -0.3 is 30.6 Å². The number of halogens is 2. The molecule has 32 heavy (non-hydrogen) atoms. The molecule has 1 aromatic carbocycles. The highest BCUT2D eigenvalue weighted by molar-refractivity contribution is 5.64. The Morgan fingerprint density at radius 3 is 2.31 bits per heavy atom. The van der Waals surface area contributed by atoms with Crippen LogP contribution in [-0.2, 0) is 0 Å². The van der Waals surface area contributed by atoms with E-state index in [9.17, 15) is 13.6 Å². The third-order valence-electron chi connectivity index (χ3n) is 4.41. The van der Waals surface area contributed by atoms with Crippen LogP contribution in [0.15, 0.2) is 41.3 Å². The van der Waals surface area contributed by atoms with Gasteiger partial charge >= 0.3 is 6.09 Å². The Balaban J connectivity index is 0.000000225. The molecular weight excluding hydrogens is 422 g/mol. The Morgan fingerprint density at radius 1 is 1.28 bits per heavy atom. The molecule has 1 atom stereocenters. The summed E-state index contributed by atoms with van der Waals surface area (Å²) in [5.74, 6) is -1.62. The van der Waals surface area contributed by atoms with E-state index in [0.29, 0.717) is 13.0 Å². The van der Waals surface area contributed by atoms with Crippen molar-refractivity contribution in [3.63, 3.8) is 0 Å². The number of β-amino-alcohol motifs (C(OH)–C–C–N with tert-alkyl or cyclic N) is 1. The van der Waals surface area contributed by atoms with Crippen molar-refractivity contribution in [3.8, 4) is 11.3 Å². The summed E-state index contributed by atoms with van der Waals surface area (Å²) in [4.78, 5) is 13.3. The summed E-state index contributed by atoms with van der Waals surface area (Å²) in [7, 11) is 0. The summed E-state index contributed by atoms with van der Waals surface area (Å²) in [5.41, 5.74) is 2.32. The largest absolute Gasteiger partial charge is 0.465 e. The summed E-state index contributed by atoms with van der Waals surface area (Å²) in [5, 5.41) is 24.2. The van der Waals surface area contributed by atoms with E-state index in [2.05, 4.69) is 40.0 Å². The van der Waals surface area contributed by atoms with Crippen molar-refractivity contribution in [1.29, 1.82) is 0 Å². The lowest BCUT2D eigenvalue weighted by molar-refractivity contribution is -0.0208. The van der Waals surface area contributed by atoms with Crippen molar-refractivity contribution in [2.45, 2.75) is 45.1 Å². The number of nitrogens with zero attached hydrogens (tertiary/aromatic N) is 1. The van der Waals surface area contributed by atoms with Gasteiger partial charge in [0.15, 0.2) is 12.2 Å². The molecule has 4 rings (SSSR count). The van der Waals surface area contributed by atoms with Gasteiger partial charge in [-0.1, -0.05) is 29.8 Å². The zero-order chi connectivity index (χ0) is 23.8. The molecule has 2 aliphatic heterocycles. The zero-order valence-electron chi connectivity index (χ0n) is 18.6. The van der Waals surface area contributed by atoms with Crippen molar-refractivity contribution in [3.05, 3.63) is 42.4 Å². The Labute approximate surface area is 187 Å². The van der Waals surface area contributed by atoms with Crippen LogP contribution in [0.5, 0.6) is 0 Å². The van der Waals surface area contributed by atoms with Crippen molar-refractivity contribution >= 4 is 6.09 Å². The maximum absolute atomic E-state index is 12.1. The number of alkyl halides is 2. The number of piperidine rings is 1. The molecule has 0 saturated carbocycles. The second-order valence-electron chi connectivity index (χ2n) is 7.35. The highest BCUT2D eigenvalue weighted by Gasteiger charge is 2.30.